The predicted molar refractivity (Wildman–Crippen MR) is 286 cm³/mol. The van der Waals surface area contributed by atoms with Gasteiger partial charge >= 0.3 is 7.82 Å². The first-order valence-corrected chi connectivity index (χ1v) is 29.9. The fraction of sp³-hybridized carbons (Fsp3) is 0.877. The number of nitrogens with zero attached hydrogens (tertiary/aromatic N) is 1. The van der Waals surface area contributed by atoms with E-state index in [0.717, 1.165) is 51.4 Å². The van der Waals surface area contributed by atoms with Gasteiger partial charge in [0.15, 0.2) is 0 Å². The number of aliphatic hydroxyl groups is 1. The number of rotatable bonds is 52. The number of quaternary nitrogens is 1. The van der Waals surface area contributed by atoms with Crippen LogP contribution in [0.15, 0.2) is 36.5 Å². The zero-order valence-electron chi connectivity index (χ0n) is 44.4. The first kappa shape index (κ1) is 64.7. The number of likely N-dealkylation sites (N-methyl/N-ethyl adjacent to an activating group) is 1. The van der Waals surface area contributed by atoms with Gasteiger partial charge in [-0.15, -0.1) is 0 Å². The molecule has 3 N–H and O–H groups in total. The molecule has 0 aromatic heterocycles. The molecule has 1 amide bonds. The summed E-state index contributed by atoms with van der Waals surface area (Å²) in [6, 6.07) is -0.851. The molecule has 0 spiro atoms. The normalized spacial score (nSPS) is 14.2. The Morgan fingerprint density at radius 3 is 1.26 bits per heavy atom. The number of hydrogen-bond donors (Lipinski definition) is 3. The Balaban J connectivity index is 4.21. The van der Waals surface area contributed by atoms with Gasteiger partial charge in [0.1, 0.15) is 13.2 Å². The van der Waals surface area contributed by atoms with Gasteiger partial charge in [0.05, 0.1) is 39.9 Å². The van der Waals surface area contributed by atoms with Crippen molar-refractivity contribution in [3.8, 4) is 0 Å². The Labute approximate surface area is 410 Å². The zero-order chi connectivity index (χ0) is 48.5. The zero-order valence-corrected chi connectivity index (χ0v) is 45.3. The highest BCUT2D eigenvalue weighted by Crippen LogP contribution is 2.43. The molecule has 0 saturated heterocycles. The third kappa shape index (κ3) is 50.6. The van der Waals surface area contributed by atoms with Crippen molar-refractivity contribution in [3.63, 3.8) is 0 Å². The molecule has 0 aromatic carbocycles. The monoisotopic (exact) mass is 952 g/mol. The van der Waals surface area contributed by atoms with Gasteiger partial charge < -0.3 is 19.8 Å². The summed E-state index contributed by atoms with van der Waals surface area (Å²) >= 11 is 0. The number of nitrogens with one attached hydrogen (secondary N) is 1. The van der Waals surface area contributed by atoms with Crippen LogP contribution in [0.2, 0.25) is 0 Å². The molecule has 9 heteroatoms. The number of amides is 1. The topological polar surface area (TPSA) is 105 Å². The molecule has 8 nitrogen and oxygen atoms in total. The number of hydrogen-bond acceptors (Lipinski definition) is 5. The van der Waals surface area contributed by atoms with Gasteiger partial charge in [-0.25, -0.2) is 4.57 Å². The third-order valence-electron chi connectivity index (χ3n) is 12.9. The Bertz CT molecular complexity index is 1170. The van der Waals surface area contributed by atoms with Crippen LogP contribution in [0.3, 0.4) is 0 Å². The molecule has 390 valence electrons. The van der Waals surface area contributed by atoms with E-state index >= 15 is 0 Å². The lowest BCUT2D eigenvalue weighted by Crippen LogP contribution is -2.45. The molecule has 3 atom stereocenters. The van der Waals surface area contributed by atoms with Crippen molar-refractivity contribution >= 4 is 13.7 Å². The van der Waals surface area contributed by atoms with E-state index in [9.17, 15) is 19.4 Å². The summed E-state index contributed by atoms with van der Waals surface area (Å²) in [6.45, 7) is 4.82. The van der Waals surface area contributed by atoms with E-state index in [1.54, 1.807) is 6.08 Å². The minimum Gasteiger partial charge on any atom is -0.387 e. The number of phosphoric ester groups is 1. The predicted octanol–water partition coefficient (Wildman–Crippen LogP) is 17.0. The second-order valence-electron chi connectivity index (χ2n) is 20.7. The maximum atomic E-state index is 13.0. The maximum absolute atomic E-state index is 13.0. The lowest BCUT2D eigenvalue weighted by atomic mass is 10.0. The number of unbranched alkanes of at least 4 members (excludes halogenated alkanes) is 35. The van der Waals surface area contributed by atoms with Crippen molar-refractivity contribution in [1.82, 2.24) is 5.32 Å². The summed E-state index contributed by atoms with van der Waals surface area (Å²) in [5, 5.41) is 13.9. The number of allylic oxidation sites excluding steroid dienone is 5. The largest absolute Gasteiger partial charge is 0.472 e. The molecule has 0 fully saturated rings. The van der Waals surface area contributed by atoms with Crippen molar-refractivity contribution in [2.24, 2.45) is 0 Å². The molecule has 3 unspecified atom stereocenters. The van der Waals surface area contributed by atoms with Crippen molar-refractivity contribution in [2.75, 3.05) is 40.9 Å². The van der Waals surface area contributed by atoms with E-state index < -0.39 is 20.0 Å². The van der Waals surface area contributed by atoms with Crippen LogP contribution in [0.25, 0.3) is 0 Å². The molecule has 0 aliphatic heterocycles. The van der Waals surface area contributed by atoms with Gasteiger partial charge in [0.25, 0.3) is 0 Å². The summed E-state index contributed by atoms with van der Waals surface area (Å²) in [5.41, 5.74) is 0. The van der Waals surface area contributed by atoms with E-state index in [0.29, 0.717) is 17.4 Å². The van der Waals surface area contributed by atoms with E-state index in [1.165, 1.54) is 199 Å². The summed E-state index contributed by atoms with van der Waals surface area (Å²) in [4.78, 5) is 23.3. The molecule has 0 aliphatic rings. The lowest BCUT2D eigenvalue weighted by molar-refractivity contribution is -0.870. The van der Waals surface area contributed by atoms with Crippen LogP contribution < -0.4 is 5.32 Å². The minimum atomic E-state index is -4.35. The van der Waals surface area contributed by atoms with Crippen LogP contribution in [0.1, 0.15) is 271 Å². The van der Waals surface area contributed by atoms with Gasteiger partial charge in [-0.1, -0.05) is 249 Å². The quantitative estimate of drug-likeness (QED) is 0.0243. The number of carbonyl (C=O) groups excluding carboxylic acids is 1. The van der Waals surface area contributed by atoms with Gasteiger partial charge in [-0.05, 0) is 51.4 Å². The fourth-order valence-electron chi connectivity index (χ4n) is 8.37. The van der Waals surface area contributed by atoms with Crippen molar-refractivity contribution in [2.45, 2.75) is 283 Å². The van der Waals surface area contributed by atoms with E-state index in [-0.39, 0.29) is 19.1 Å². The Kier molecular flexibility index (Phi) is 47.8. The lowest BCUT2D eigenvalue weighted by Gasteiger charge is -2.25. The first-order valence-electron chi connectivity index (χ1n) is 28.4. The highest BCUT2D eigenvalue weighted by Gasteiger charge is 2.27. The Hall–Kier alpha value is -1.28. The van der Waals surface area contributed by atoms with Gasteiger partial charge in [0.2, 0.25) is 5.91 Å². The van der Waals surface area contributed by atoms with E-state index in [4.69, 9.17) is 9.05 Å². The van der Waals surface area contributed by atoms with Gasteiger partial charge in [-0.2, -0.15) is 0 Å². The smallest absolute Gasteiger partial charge is 0.387 e. The van der Waals surface area contributed by atoms with Crippen LogP contribution in [0.4, 0.5) is 0 Å². The average molecular weight is 953 g/mol. The molecule has 0 rings (SSSR count). The van der Waals surface area contributed by atoms with E-state index in [2.05, 4.69) is 43.5 Å². The molecule has 0 radical (unpaired) electrons. The fourth-order valence-corrected chi connectivity index (χ4v) is 9.10. The van der Waals surface area contributed by atoms with Crippen LogP contribution in [-0.2, 0) is 18.4 Å². The summed E-state index contributed by atoms with van der Waals surface area (Å²) in [5.74, 6) is -0.182. The molecule has 0 aliphatic carbocycles. The van der Waals surface area contributed by atoms with Crippen molar-refractivity contribution < 1.29 is 32.9 Å². The Morgan fingerprint density at radius 2 is 0.864 bits per heavy atom. The molecular weight excluding hydrogens is 840 g/mol. The second kappa shape index (κ2) is 48.7. The van der Waals surface area contributed by atoms with Crippen LogP contribution in [0.5, 0.6) is 0 Å². The van der Waals surface area contributed by atoms with E-state index in [1.807, 2.05) is 27.2 Å². The highest BCUT2D eigenvalue weighted by atomic mass is 31.2. The van der Waals surface area contributed by atoms with Gasteiger partial charge in [-0.3, -0.25) is 13.8 Å². The number of phosphoric acid groups is 1. The highest BCUT2D eigenvalue weighted by molar-refractivity contribution is 7.47. The standard InChI is InChI=1S/C57H111N2O6P/c1-6-8-10-12-14-16-18-20-22-24-26-27-28-29-30-31-32-33-34-36-38-40-42-44-46-48-50-56(60)55(54-65-66(62,63)64-53-52-59(3,4)5)58-57(61)51-49-47-45-43-41-39-37-35-25-23-21-19-17-15-13-11-9-7-2/h17,19,23,25,48,50,55-56,60H,6-16,18,20-22,24,26-47,49,51-54H2,1-5H3,(H-,58,61,62,63)/p+1/b19-17-,25-23-,50-48+. The minimum absolute atomic E-state index is 0.0601. The molecular formula is C57H112N2O6P+. The van der Waals surface area contributed by atoms with Crippen LogP contribution in [0, 0.1) is 0 Å². The number of carbonyl (C=O) groups is 1. The Morgan fingerprint density at radius 1 is 0.515 bits per heavy atom. The van der Waals surface area contributed by atoms with Crippen molar-refractivity contribution in [3.05, 3.63) is 36.5 Å². The average Bonchev–Trinajstić information content (AvgIpc) is 3.28. The molecule has 0 aromatic rings. The SMILES string of the molecule is CCCCCC/C=C\C/C=C\CCCCCCCCCC(=O)NC(COP(=O)(O)OCC[N+](C)(C)C)C(O)/C=C/CCCCCCCCCCCCCCCCCCCCCCCCCC. The summed E-state index contributed by atoms with van der Waals surface area (Å²) in [7, 11) is 1.57. The van der Waals surface area contributed by atoms with Gasteiger partial charge in [0, 0.05) is 6.42 Å². The third-order valence-corrected chi connectivity index (χ3v) is 13.8. The molecule has 66 heavy (non-hydrogen) atoms. The van der Waals surface area contributed by atoms with Crippen LogP contribution in [-0.4, -0.2) is 73.4 Å². The van der Waals surface area contributed by atoms with Crippen molar-refractivity contribution in [1.29, 1.82) is 0 Å². The summed E-state index contributed by atoms with van der Waals surface area (Å²) < 4.78 is 23.7. The second-order valence-corrected chi connectivity index (χ2v) is 22.1. The summed E-state index contributed by atoms with van der Waals surface area (Å²) in [6.07, 6.45) is 62.4. The molecule has 0 bridgehead atoms. The molecule has 0 saturated carbocycles. The first-order chi connectivity index (χ1) is 32.0. The van der Waals surface area contributed by atoms with Crippen LogP contribution >= 0.6 is 7.82 Å². The molecule has 0 heterocycles. The number of aliphatic hydroxyl groups excluding tert-OH is 1. The maximum Gasteiger partial charge on any atom is 0.472 e.